The lowest BCUT2D eigenvalue weighted by molar-refractivity contribution is 0.696. The number of thiol groups is 1. The molecular weight excluding hydrogens is 432 g/mol. The average Bonchev–Trinajstić information content (AvgIpc) is 2.85. The van der Waals surface area contributed by atoms with E-state index in [1.807, 2.05) is 0 Å². The Morgan fingerprint density at radius 2 is 0.774 bits per heavy atom. The Balaban J connectivity index is 1.89. The van der Waals surface area contributed by atoms with Gasteiger partial charge in [-0.15, -0.1) is 0 Å². The minimum Gasteiger partial charge on any atom is -0.245 e. The molecule has 0 spiro atoms. The molecule has 0 bridgehead atoms. The van der Waals surface area contributed by atoms with Gasteiger partial charge in [-0.1, -0.05) is 121 Å². The molecule has 4 heteroatoms. The summed E-state index contributed by atoms with van der Waals surface area (Å²) in [5.74, 6) is 0.885. The number of nitrogens with zero attached hydrogens (tertiary/aromatic N) is 1. The fourth-order valence-electron chi connectivity index (χ4n) is 3.61. The Hall–Kier alpha value is -1.95. The molecule has 1 nitrogen and oxygen atoms in total. The summed E-state index contributed by atoms with van der Waals surface area (Å²) in [6.45, 7) is 1.01. The number of rotatable bonds is 9. The smallest absolute Gasteiger partial charge is 0.0323 e. The van der Waals surface area contributed by atoms with Crippen molar-refractivity contribution in [2.75, 3.05) is 12.3 Å². The number of hydrogen-bond donors (Lipinski definition) is 1. The topological polar surface area (TPSA) is 3.24 Å². The largest absolute Gasteiger partial charge is 0.245 e. The molecule has 4 rings (SSSR count). The van der Waals surface area contributed by atoms with Crippen molar-refractivity contribution in [3.8, 4) is 0 Å². The molecule has 156 valence electrons. The van der Waals surface area contributed by atoms with Crippen LogP contribution in [0.25, 0.3) is 0 Å². The van der Waals surface area contributed by atoms with Crippen molar-refractivity contribution in [2.24, 2.45) is 0 Å². The molecule has 0 aromatic heterocycles. The van der Waals surface area contributed by atoms with Crippen LogP contribution >= 0.6 is 28.8 Å². The van der Waals surface area contributed by atoms with E-state index in [1.165, 1.54) is 21.2 Å². The van der Waals surface area contributed by atoms with E-state index in [9.17, 15) is 0 Å². The highest BCUT2D eigenvalue weighted by Crippen LogP contribution is 2.54. The van der Waals surface area contributed by atoms with Crippen LogP contribution in [0.15, 0.2) is 121 Å². The maximum atomic E-state index is 4.57. The SMILES string of the molecule is SCCCN(P(c1ccccc1)c1ccccc1)P(c1ccccc1)c1ccccc1. The van der Waals surface area contributed by atoms with Crippen LogP contribution < -0.4 is 21.2 Å². The van der Waals surface area contributed by atoms with E-state index in [-0.39, 0.29) is 0 Å². The van der Waals surface area contributed by atoms with Gasteiger partial charge in [0.2, 0.25) is 0 Å². The van der Waals surface area contributed by atoms with Crippen molar-refractivity contribution < 1.29 is 0 Å². The Labute approximate surface area is 194 Å². The van der Waals surface area contributed by atoms with Gasteiger partial charge in [0.25, 0.3) is 0 Å². The molecule has 0 atom stereocenters. The molecule has 4 aromatic carbocycles. The van der Waals surface area contributed by atoms with E-state index >= 15 is 0 Å². The Bertz CT molecular complexity index is 868. The first kappa shape index (κ1) is 22.3. The van der Waals surface area contributed by atoms with Crippen molar-refractivity contribution in [3.63, 3.8) is 0 Å². The van der Waals surface area contributed by atoms with Gasteiger partial charge in [0.05, 0.1) is 0 Å². The van der Waals surface area contributed by atoms with Gasteiger partial charge in [0, 0.05) is 22.7 Å². The van der Waals surface area contributed by atoms with Crippen molar-refractivity contribution in [1.82, 2.24) is 4.44 Å². The second-order valence-electron chi connectivity index (χ2n) is 7.14. The fourth-order valence-corrected chi connectivity index (χ4v) is 9.87. The van der Waals surface area contributed by atoms with Gasteiger partial charge in [-0.2, -0.15) is 12.6 Å². The van der Waals surface area contributed by atoms with Crippen LogP contribution in [-0.2, 0) is 0 Å². The number of benzene rings is 4. The highest BCUT2D eigenvalue weighted by molar-refractivity contribution is 7.84. The summed E-state index contributed by atoms with van der Waals surface area (Å²) in [5, 5.41) is 5.56. The molecule has 0 aliphatic rings. The molecule has 0 saturated carbocycles. The summed E-state index contributed by atoms with van der Waals surface area (Å²) in [6, 6.07) is 44.0. The van der Waals surface area contributed by atoms with E-state index in [2.05, 4.69) is 138 Å². The standard InChI is InChI=1S/C27H27NP2S/c31-23-13-22-28(29(24-14-5-1-6-15-24)25-16-7-2-8-17-25)30(26-18-9-3-10-19-26)27-20-11-4-12-21-27/h1-12,14-21,31H,13,22-23H2. The zero-order valence-electron chi connectivity index (χ0n) is 17.5. The van der Waals surface area contributed by atoms with Crippen molar-refractivity contribution in [2.45, 2.75) is 6.42 Å². The highest BCUT2D eigenvalue weighted by Gasteiger charge is 2.30. The van der Waals surface area contributed by atoms with Crippen molar-refractivity contribution in [1.29, 1.82) is 0 Å². The monoisotopic (exact) mass is 459 g/mol. The summed E-state index contributed by atoms with van der Waals surface area (Å²) >= 11 is 4.57. The van der Waals surface area contributed by atoms with Crippen LogP contribution in [-0.4, -0.2) is 16.7 Å². The van der Waals surface area contributed by atoms with Crippen molar-refractivity contribution in [3.05, 3.63) is 121 Å². The first-order valence-electron chi connectivity index (χ1n) is 10.6. The molecule has 0 aliphatic carbocycles. The predicted octanol–water partition coefficient (Wildman–Crippen LogP) is 5.70. The van der Waals surface area contributed by atoms with Crippen LogP contribution in [0.4, 0.5) is 0 Å². The van der Waals surface area contributed by atoms with Crippen LogP contribution in [0.5, 0.6) is 0 Å². The third kappa shape index (κ3) is 5.65. The minimum absolute atomic E-state index is 0.684. The van der Waals surface area contributed by atoms with Crippen LogP contribution in [0, 0.1) is 0 Å². The molecule has 0 N–H and O–H groups in total. The van der Waals surface area contributed by atoms with E-state index in [4.69, 9.17) is 0 Å². The maximum Gasteiger partial charge on any atom is 0.0323 e. The van der Waals surface area contributed by atoms with Gasteiger partial charge >= 0.3 is 0 Å². The zero-order chi connectivity index (χ0) is 21.3. The quantitative estimate of drug-likeness (QED) is 0.248. The Morgan fingerprint density at radius 3 is 1.03 bits per heavy atom. The van der Waals surface area contributed by atoms with Gasteiger partial charge < -0.3 is 0 Å². The molecule has 0 aliphatic heterocycles. The molecular formula is C27H27NP2S. The second kappa shape index (κ2) is 11.6. The summed E-state index contributed by atoms with van der Waals surface area (Å²) in [5.41, 5.74) is 0. The van der Waals surface area contributed by atoms with Crippen LogP contribution in [0.3, 0.4) is 0 Å². The van der Waals surface area contributed by atoms with Crippen LogP contribution in [0.1, 0.15) is 6.42 Å². The van der Waals surface area contributed by atoms with Gasteiger partial charge in [0.1, 0.15) is 0 Å². The number of hydrogen-bond acceptors (Lipinski definition) is 2. The maximum absolute atomic E-state index is 4.57. The van der Waals surface area contributed by atoms with Gasteiger partial charge in [-0.05, 0) is 33.4 Å². The first-order valence-corrected chi connectivity index (χ1v) is 13.8. The average molecular weight is 460 g/mol. The summed E-state index contributed by atoms with van der Waals surface area (Å²) in [7, 11) is -1.37. The lowest BCUT2D eigenvalue weighted by atomic mass is 10.4. The minimum atomic E-state index is -0.684. The molecule has 0 amide bonds. The van der Waals surface area contributed by atoms with Crippen LogP contribution in [0.2, 0.25) is 0 Å². The summed E-state index contributed by atoms with van der Waals surface area (Å²) < 4.78 is 2.77. The highest BCUT2D eigenvalue weighted by atomic mass is 32.1. The summed E-state index contributed by atoms with van der Waals surface area (Å²) in [6.07, 6.45) is 1.06. The summed E-state index contributed by atoms with van der Waals surface area (Å²) in [4.78, 5) is 0. The molecule has 0 unspecified atom stereocenters. The van der Waals surface area contributed by atoms with Gasteiger partial charge in [-0.25, -0.2) is 4.44 Å². The van der Waals surface area contributed by atoms with E-state index in [0.29, 0.717) is 0 Å². The molecule has 31 heavy (non-hydrogen) atoms. The normalized spacial score (nSPS) is 11.4. The Kier molecular flexibility index (Phi) is 8.33. The van der Waals surface area contributed by atoms with Crippen molar-refractivity contribution >= 4 is 50.0 Å². The lowest BCUT2D eigenvalue weighted by Crippen LogP contribution is -2.32. The molecule has 4 aromatic rings. The Morgan fingerprint density at radius 1 is 0.484 bits per heavy atom. The third-order valence-electron chi connectivity index (χ3n) is 4.98. The molecule has 0 saturated heterocycles. The first-order chi connectivity index (χ1) is 15.4. The molecule has 0 heterocycles. The fraction of sp³-hybridized carbons (Fsp3) is 0.111. The lowest BCUT2D eigenvalue weighted by Gasteiger charge is -2.39. The van der Waals surface area contributed by atoms with E-state index in [0.717, 1.165) is 18.7 Å². The second-order valence-corrected chi connectivity index (χ2v) is 12.2. The van der Waals surface area contributed by atoms with Gasteiger partial charge in [-0.3, -0.25) is 0 Å². The van der Waals surface area contributed by atoms with E-state index in [1.54, 1.807) is 0 Å². The third-order valence-corrected chi connectivity index (χ3v) is 10.8. The molecule has 0 fully saturated rings. The van der Waals surface area contributed by atoms with Gasteiger partial charge in [0.15, 0.2) is 0 Å². The zero-order valence-corrected chi connectivity index (χ0v) is 20.1. The predicted molar refractivity (Wildman–Crippen MR) is 143 cm³/mol. The molecule has 0 radical (unpaired) electrons. The van der Waals surface area contributed by atoms with E-state index < -0.39 is 16.1 Å².